The quantitative estimate of drug-likeness (QED) is 0.649. The normalized spacial score (nSPS) is 10.7. The Labute approximate surface area is 73.1 Å². The molecule has 2 aromatic rings. The molecular weight excluding hydrogens is 204 g/mol. The SMILES string of the molecule is Cc1occ2c(Br)cccc12. The minimum atomic E-state index is 0.973. The van der Waals surface area contributed by atoms with Crippen LogP contribution in [0.3, 0.4) is 0 Å². The minimum Gasteiger partial charge on any atom is -0.468 e. The van der Waals surface area contributed by atoms with Crippen molar-refractivity contribution in [2.45, 2.75) is 6.92 Å². The van der Waals surface area contributed by atoms with E-state index in [0.29, 0.717) is 0 Å². The molecule has 0 spiro atoms. The molecule has 0 N–H and O–H groups in total. The van der Waals surface area contributed by atoms with Crippen molar-refractivity contribution in [3.05, 3.63) is 34.7 Å². The van der Waals surface area contributed by atoms with E-state index in [4.69, 9.17) is 4.42 Å². The van der Waals surface area contributed by atoms with Gasteiger partial charge in [0.05, 0.1) is 6.26 Å². The Morgan fingerprint density at radius 2 is 2.09 bits per heavy atom. The van der Waals surface area contributed by atoms with Crippen LogP contribution in [-0.2, 0) is 0 Å². The van der Waals surface area contributed by atoms with Gasteiger partial charge in [0.1, 0.15) is 5.76 Å². The van der Waals surface area contributed by atoms with Gasteiger partial charge in [-0.25, -0.2) is 0 Å². The van der Waals surface area contributed by atoms with Crippen molar-refractivity contribution in [2.75, 3.05) is 0 Å². The molecule has 1 aromatic heterocycles. The average Bonchev–Trinajstić information content (AvgIpc) is 2.35. The second-order valence-electron chi connectivity index (χ2n) is 2.49. The molecule has 0 radical (unpaired) electrons. The third-order valence-corrected chi connectivity index (χ3v) is 2.48. The molecule has 0 atom stereocenters. The lowest BCUT2D eigenvalue weighted by Crippen LogP contribution is -1.67. The lowest BCUT2D eigenvalue weighted by Gasteiger charge is -1.90. The summed E-state index contributed by atoms with van der Waals surface area (Å²) in [6.07, 6.45) is 1.77. The number of rotatable bonds is 0. The van der Waals surface area contributed by atoms with E-state index in [1.165, 1.54) is 5.39 Å². The first-order valence-corrected chi connectivity index (χ1v) is 4.20. The largest absolute Gasteiger partial charge is 0.468 e. The maximum atomic E-state index is 5.27. The van der Waals surface area contributed by atoms with Gasteiger partial charge in [-0.15, -0.1) is 0 Å². The molecule has 1 aromatic carbocycles. The van der Waals surface area contributed by atoms with E-state index >= 15 is 0 Å². The molecule has 2 heteroatoms. The minimum absolute atomic E-state index is 0.973. The van der Waals surface area contributed by atoms with Crippen LogP contribution in [0.4, 0.5) is 0 Å². The standard InChI is InChI=1S/C9H7BrO/c1-6-7-3-2-4-9(10)8(7)5-11-6/h2-5H,1H3. The van der Waals surface area contributed by atoms with Crippen molar-refractivity contribution in [3.8, 4) is 0 Å². The summed E-state index contributed by atoms with van der Waals surface area (Å²) in [5, 5.41) is 2.32. The topological polar surface area (TPSA) is 13.1 Å². The first-order chi connectivity index (χ1) is 5.29. The van der Waals surface area contributed by atoms with Gasteiger partial charge in [-0.3, -0.25) is 0 Å². The molecule has 11 heavy (non-hydrogen) atoms. The summed E-state index contributed by atoms with van der Waals surface area (Å²) in [4.78, 5) is 0. The number of aryl methyl sites for hydroxylation is 1. The van der Waals surface area contributed by atoms with Crippen molar-refractivity contribution in [2.24, 2.45) is 0 Å². The molecule has 0 saturated carbocycles. The molecule has 0 saturated heterocycles. The van der Waals surface area contributed by atoms with Crippen LogP contribution in [0.5, 0.6) is 0 Å². The highest BCUT2D eigenvalue weighted by Gasteiger charge is 2.02. The van der Waals surface area contributed by atoms with Gasteiger partial charge in [-0.05, 0) is 13.0 Å². The summed E-state index contributed by atoms with van der Waals surface area (Å²) in [7, 11) is 0. The van der Waals surface area contributed by atoms with E-state index in [2.05, 4.69) is 22.0 Å². The zero-order chi connectivity index (χ0) is 7.84. The third-order valence-electron chi connectivity index (χ3n) is 1.79. The second kappa shape index (κ2) is 2.38. The predicted octanol–water partition coefficient (Wildman–Crippen LogP) is 3.50. The van der Waals surface area contributed by atoms with Crippen molar-refractivity contribution in [1.82, 2.24) is 0 Å². The zero-order valence-corrected chi connectivity index (χ0v) is 7.68. The molecule has 1 heterocycles. The summed E-state index contributed by atoms with van der Waals surface area (Å²) >= 11 is 3.45. The van der Waals surface area contributed by atoms with E-state index in [1.54, 1.807) is 6.26 Å². The van der Waals surface area contributed by atoms with E-state index in [0.717, 1.165) is 15.6 Å². The highest BCUT2D eigenvalue weighted by Crippen LogP contribution is 2.27. The number of furan rings is 1. The van der Waals surface area contributed by atoms with Gasteiger partial charge < -0.3 is 4.42 Å². The molecule has 0 unspecified atom stereocenters. The fraction of sp³-hybridized carbons (Fsp3) is 0.111. The first-order valence-electron chi connectivity index (χ1n) is 3.41. The highest BCUT2D eigenvalue weighted by molar-refractivity contribution is 9.10. The van der Waals surface area contributed by atoms with Gasteiger partial charge >= 0.3 is 0 Å². The van der Waals surface area contributed by atoms with Crippen LogP contribution in [0, 0.1) is 6.92 Å². The molecule has 0 bridgehead atoms. The van der Waals surface area contributed by atoms with Gasteiger partial charge in [0.15, 0.2) is 0 Å². The Balaban J connectivity index is 2.94. The average molecular weight is 211 g/mol. The van der Waals surface area contributed by atoms with Crippen LogP contribution in [0.15, 0.2) is 33.4 Å². The second-order valence-corrected chi connectivity index (χ2v) is 3.35. The van der Waals surface area contributed by atoms with E-state index in [1.807, 2.05) is 19.1 Å². The summed E-state index contributed by atoms with van der Waals surface area (Å²) in [6.45, 7) is 1.97. The zero-order valence-electron chi connectivity index (χ0n) is 6.10. The molecule has 0 amide bonds. The van der Waals surface area contributed by atoms with Gasteiger partial charge in [0.2, 0.25) is 0 Å². The van der Waals surface area contributed by atoms with Crippen LogP contribution < -0.4 is 0 Å². The van der Waals surface area contributed by atoms with Crippen molar-refractivity contribution in [3.63, 3.8) is 0 Å². The summed E-state index contributed by atoms with van der Waals surface area (Å²) < 4.78 is 6.36. The molecule has 1 nitrogen and oxygen atoms in total. The van der Waals surface area contributed by atoms with Gasteiger partial charge in [0, 0.05) is 15.2 Å². The lowest BCUT2D eigenvalue weighted by molar-refractivity contribution is 0.539. The van der Waals surface area contributed by atoms with Crippen LogP contribution in [0.1, 0.15) is 5.76 Å². The number of hydrogen-bond donors (Lipinski definition) is 0. The van der Waals surface area contributed by atoms with Gasteiger partial charge in [-0.2, -0.15) is 0 Å². The van der Waals surface area contributed by atoms with Crippen molar-refractivity contribution < 1.29 is 4.42 Å². The molecule has 0 aliphatic carbocycles. The molecule has 56 valence electrons. The number of benzene rings is 1. The maximum absolute atomic E-state index is 5.27. The van der Waals surface area contributed by atoms with Crippen LogP contribution in [-0.4, -0.2) is 0 Å². The van der Waals surface area contributed by atoms with E-state index in [9.17, 15) is 0 Å². The van der Waals surface area contributed by atoms with Crippen LogP contribution in [0.2, 0.25) is 0 Å². The fourth-order valence-electron chi connectivity index (χ4n) is 1.17. The molecule has 0 aliphatic heterocycles. The van der Waals surface area contributed by atoms with Crippen molar-refractivity contribution in [1.29, 1.82) is 0 Å². The van der Waals surface area contributed by atoms with Gasteiger partial charge in [0.25, 0.3) is 0 Å². The Hall–Kier alpha value is -0.760. The van der Waals surface area contributed by atoms with E-state index in [-0.39, 0.29) is 0 Å². The van der Waals surface area contributed by atoms with Crippen molar-refractivity contribution >= 4 is 26.7 Å². The molecular formula is C9H7BrO. The Morgan fingerprint density at radius 1 is 1.27 bits per heavy atom. The monoisotopic (exact) mass is 210 g/mol. The van der Waals surface area contributed by atoms with E-state index < -0.39 is 0 Å². The smallest absolute Gasteiger partial charge is 0.108 e. The molecule has 0 aliphatic rings. The van der Waals surface area contributed by atoms with Crippen LogP contribution in [0.25, 0.3) is 10.8 Å². The third kappa shape index (κ3) is 0.979. The fourth-order valence-corrected chi connectivity index (χ4v) is 1.63. The summed E-state index contributed by atoms with van der Waals surface area (Å²) in [5.41, 5.74) is 0. The van der Waals surface area contributed by atoms with Gasteiger partial charge in [-0.1, -0.05) is 28.1 Å². The molecule has 0 fully saturated rings. The number of halogens is 1. The Morgan fingerprint density at radius 3 is 2.82 bits per heavy atom. The summed E-state index contributed by atoms with van der Waals surface area (Å²) in [5.74, 6) is 0.973. The number of fused-ring (bicyclic) bond motifs is 1. The lowest BCUT2D eigenvalue weighted by atomic mass is 10.2. The first kappa shape index (κ1) is 6.92. The maximum Gasteiger partial charge on any atom is 0.108 e. The summed E-state index contributed by atoms with van der Waals surface area (Å²) in [6, 6.07) is 6.07. The molecule has 2 rings (SSSR count). The highest BCUT2D eigenvalue weighted by atomic mass is 79.9. The Kier molecular flexibility index (Phi) is 1.50. The van der Waals surface area contributed by atoms with Crippen LogP contribution >= 0.6 is 15.9 Å². The number of hydrogen-bond acceptors (Lipinski definition) is 1. The predicted molar refractivity (Wildman–Crippen MR) is 48.7 cm³/mol. The Bertz CT molecular complexity index is 389.